The Morgan fingerprint density at radius 3 is 2.89 bits per heavy atom. The molecule has 0 fully saturated rings. The van der Waals surface area contributed by atoms with Crippen LogP contribution in [0.25, 0.3) is 0 Å². The Labute approximate surface area is 126 Å². The lowest BCUT2D eigenvalue weighted by molar-refractivity contribution is -0.124. The number of hydrogen-bond donors (Lipinski definition) is 2. The molecule has 110 valence electrons. The van der Waals surface area contributed by atoms with E-state index in [0.717, 1.165) is 24.5 Å². The first-order valence-electron chi connectivity index (χ1n) is 6.23. The summed E-state index contributed by atoms with van der Waals surface area (Å²) in [5.41, 5.74) is 6.38. The van der Waals surface area contributed by atoms with Gasteiger partial charge in [-0.15, -0.1) is 24.8 Å². The first-order valence-corrected chi connectivity index (χ1v) is 6.23. The Kier molecular flexibility index (Phi) is 8.06. The van der Waals surface area contributed by atoms with Crippen molar-refractivity contribution in [3.63, 3.8) is 0 Å². The Bertz CT molecular complexity index is 385. The number of carbonyl (C=O) groups is 1. The van der Waals surface area contributed by atoms with Gasteiger partial charge in [0.05, 0.1) is 12.2 Å². The average Bonchev–Trinajstić information content (AvgIpc) is 2.77. The van der Waals surface area contributed by atoms with Crippen LogP contribution >= 0.6 is 24.8 Å². The van der Waals surface area contributed by atoms with E-state index in [1.807, 2.05) is 13.1 Å². The summed E-state index contributed by atoms with van der Waals surface area (Å²) in [5, 5.41) is 2.86. The van der Waals surface area contributed by atoms with Gasteiger partial charge in [0.2, 0.25) is 5.91 Å². The van der Waals surface area contributed by atoms with Crippen LogP contribution in [-0.4, -0.2) is 22.0 Å². The van der Waals surface area contributed by atoms with Crippen molar-refractivity contribution in [1.29, 1.82) is 0 Å². The third-order valence-corrected chi connectivity index (χ3v) is 3.20. The highest BCUT2D eigenvalue weighted by Crippen LogP contribution is 2.14. The summed E-state index contributed by atoms with van der Waals surface area (Å²) >= 11 is 0. The average molecular weight is 309 g/mol. The van der Waals surface area contributed by atoms with E-state index in [-0.39, 0.29) is 36.6 Å². The van der Waals surface area contributed by atoms with Crippen molar-refractivity contribution in [2.75, 3.05) is 6.54 Å². The number of aromatic nitrogens is 2. The van der Waals surface area contributed by atoms with E-state index in [1.165, 1.54) is 12.8 Å². The van der Waals surface area contributed by atoms with E-state index < -0.39 is 0 Å². The minimum atomic E-state index is -0.132. The smallest absolute Gasteiger partial charge is 0.224 e. The fraction of sp³-hybridized carbons (Fsp3) is 0.667. The number of carbonyl (C=O) groups excluding carboxylic acids is 1. The fourth-order valence-electron chi connectivity index (χ4n) is 2.02. The summed E-state index contributed by atoms with van der Waals surface area (Å²) < 4.78 is 2.19. The molecule has 0 saturated heterocycles. The van der Waals surface area contributed by atoms with Crippen LogP contribution in [0.5, 0.6) is 0 Å². The second-order valence-corrected chi connectivity index (χ2v) is 4.65. The summed E-state index contributed by atoms with van der Waals surface area (Å²) in [5.74, 6) is 1.01. The number of aryl methyl sites for hydroxylation is 2. The highest BCUT2D eigenvalue weighted by molar-refractivity contribution is 5.85. The summed E-state index contributed by atoms with van der Waals surface area (Å²) in [6.07, 6.45) is 5.53. The molecule has 1 aliphatic heterocycles. The van der Waals surface area contributed by atoms with Gasteiger partial charge >= 0.3 is 0 Å². The van der Waals surface area contributed by atoms with E-state index >= 15 is 0 Å². The van der Waals surface area contributed by atoms with Gasteiger partial charge in [-0.3, -0.25) is 4.79 Å². The highest BCUT2D eigenvalue weighted by Gasteiger charge is 2.14. The van der Waals surface area contributed by atoms with Crippen molar-refractivity contribution in [1.82, 2.24) is 14.9 Å². The fourth-order valence-corrected chi connectivity index (χ4v) is 2.02. The molecule has 3 N–H and O–H groups in total. The molecule has 0 spiro atoms. The topological polar surface area (TPSA) is 72.9 Å². The van der Waals surface area contributed by atoms with Gasteiger partial charge in [0.1, 0.15) is 5.82 Å². The standard InChI is InChI=1S/C12H20N4O.2ClH/c1-9(6-13)12(17)14-7-10-8-16-5-3-2-4-11(16)15-10;;/h8-9H,2-7,13H2,1H3,(H,14,17);2*1H. The van der Waals surface area contributed by atoms with Crippen LogP contribution < -0.4 is 11.1 Å². The molecule has 1 unspecified atom stereocenters. The van der Waals surface area contributed by atoms with Crippen LogP contribution in [0.15, 0.2) is 6.20 Å². The number of amides is 1. The van der Waals surface area contributed by atoms with Gasteiger partial charge in [-0.05, 0) is 12.8 Å². The first kappa shape index (κ1) is 18.2. The molecular formula is C12H22Cl2N4O. The molecule has 2 rings (SSSR count). The third-order valence-electron chi connectivity index (χ3n) is 3.20. The summed E-state index contributed by atoms with van der Waals surface area (Å²) in [6.45, 7) is 3.76. The van der Waals surface area contributed by atoms with Gasteiger partial charge in [0, 0.05) is 31.6 Å². The van der Waals surface area contributed by atoms with Gasteiger partial charge in [-0.1, -0.05) is 6.92 Å². The lowest BCUT2D eigenvalue weighted by atomic mass is 10.2. The summed E-state index contributed by atoms with van der Waals surface area (Å²) in [7, 11) is 0. The third kappa shape index (κ3) is 4.67. The molecule has 7 heteroatoms. The number of nitrogens with one attached hydrogen (secondary N) is 1. The van der Waals surface area contributed by atoms with Crippen LogP contribution in [0.1, 0.15) is 31.3 Å². The molecule has 1 aromatic rings. The van der Waals surface area contributed by atoms with Crippen molar-refractivity contribution in [2.45, 2.75) is 39.3 Å². The van der Waals surface area contributed by atoms with E-state index in [4.69, 9.17) is 5.73 Å². The van der Waals surface area contributed by atoms with Gasteiger partial charge < -0.3 is 15.6 Å². The lowest BCUT2D eigenvalue weighted by Gasteiger charge is -2.11. The van der Waals surface area contributed by atoms with Gasteiger partial charge in [-0.2, -0.15) is 0 Å². The Morgan fingerprint density at radius 2 is 2.26 bits per heavy atom. The molecule has 1 aromatic heterocycles. The van der Waals surface area contributed by atoms with Gasteiger partial charge in [0.15, 0.2) is 0 Å². The second kappa shape index (κ2) is 8.40. The van der Waals surface area contributed by atoms with Crippen LogP contribution in [0.2, 0.25) is 0 Å². The highest BCUT2D eigenvalue weighted by atomic mass is 35.5. The Morgan fingerprint density at radius 1 is 1.53 bits per heavy atom. The zero-order valence-electron chi connectivity index (χ0n) is 11.1. The number of hydrogen-bond acceptors (Lipinski definition) is 3. The number of nitrogens with zero attached hydrogens (tertiary/aromatic N) is 2. The number of halogens is 2. The molecule has 0 bridgehead atoms. The van der Waals surface area contributed by atoms with E-state index in [9.17, 15) is 4.79 Å². The van der Waals surface area contributed by atoms with Crippen LogP contribution in [-0.2, 0) is 24.3 Å². The van der Waals surface area contributed by atoms with Crippen molar-refractivity contribution in [3.05, 3.63) is 17.7 Å². The molecule has 2 heterocycles. The van der Waals surface area contributed by atoms with E-state index in [2.05, 4.69) is 14.9 Å². The van der Waals surface area contributed by atoms with Crippen LogP contribution in [0, 0.1) is 5.92 Å². The largest absolute Gasteiger partial charge is 0.350 e. The maximum absolute atomic E-state index is 11.6. The van der Waals surface area contributed by atoms with Crippen LogP contribution in [0.4, 0.5) is 0 Å². The number of nitrogens with two attached hydrogens (primary N) is 1. The number of rotatable bonds is 4. The monoisotopic (exact) mass is 308 g/mol. The van der Waals surface area contributed by atoms with Gasteiger partial charge in [0.25, 0.3) is 0 Å². The number of fused-ring (bicyclic) bond motifs is 1. The molecule has 0 aromatic carbocycles. The lowest BCUT2D eigenvalue weighted by Crippen LogP contribution is -2.32. The molecule has 1 atom stereocenters. The maximum atomic E-state index is 11.6. The van der Waals surface area contributed by atoms with Crippen molar-refractivity contribution < 1.29 is 4.79 Å². The number of imidazole rings is 1. The molecule has 1 aliphatic rings. The molecule has 0 aliphatic carbocycles. The molecular weight excluding hydrogens is 287 g/mol. The van der Waals surface area contributed by atoms with E-state index in [1.54, 1.807) is 0 Å². The Hall–Kier alpha value is -0.780. The van der Waals surface area contributed by atoms with E-state index in [0.29, 0.717) is 13.1 Å². The normalized spacial score (nSPS) is 14.6. The van der Waals surface area contributed by atoms with Crippen LogP contribution in [0.3, 0.4) is 0 Å². The minimum Gasteiger partial charge on any atom is -0.350 e. The van der Waals surface area contributed by atoms with Gasteiger partial charge in [-0.25, -0.2) is 4.98 Å². The quantitative estimate of drug-likeness (QED) is 0.880. The molecule has 1 amide bonds. The molecule has 0 radical (unpaired) electrons. The second-order valence-electron chi connectivity index (χ2n) is 4.65. The minimum absolute atomic E-state index is 0. The zero-order valence-corrected chi connectivity index (χ0v) is 12.7. The van der Waals surface area contributed by atoms with Crippen molar-refractivity contribution in [3.8, 4) is 0 Å². The first-order chi connectivity index (χ1) is 8.20. The molecule has 5 nitrogen and oxygen atoms in total. The Balaban J connectivity index is 0.00000162. The predicted molar refractivity (Wildman–Crippen MR) is 79.7 cm³/mol. The van der Waals surface area contributed by atoms with Crippen molar-refractivity contribution >= 4 is 30.7 Å². The molecule has 0 saturated carbocycles. The predicted octanol–water partition coefficient (Wildman–Crippen LogP) is 1.27. The summed E-state index contributed by atoms with van der Waals surface area (Å²) in [4.78, 5) is 16.1. The zero-order chi connectivity index (χ0) is 12.3. The summed E-state index contributed by atoms with van der Waals surface area (Å²) in [6, 6.07) is 0. The maximum Gasteiger partial charge on any atom is 0.224 e. The molecule has 19 heavy (non-hydrogen) atoms. The van der Waals surface area contributed by atoms with Crippen molar-refractivity contribution in [2.24, 2.45) is 11.7 Å². The SMILES string of the molecule is CC(CN)C(=O)NCc1cn2c(n1)CCCC2.Cl.Cl.